The maximum absolute atomic E-state index is 12.9. The molecule has 2 atom stereocenters. The van der Waals surface area contributed by atoms with Gasteiger partial charge in [-0.15, -0.1) is 0 Å². The number of amides is 2. The van der Waals surface area contributed by atoms with Gasteiger partial charge in [0.05, 0.1) is 18.6 Å². The molecule has 126 valence electrons. The molecular weight excluding hydrogens is 299 g/mol. The number of rotatable bonds is 4. The third kappa shape index (κ3) is 4.68. The first-order chi connectivity index (χ1) is 11.0. The van der Waals surface area contributed by atoms with E-state index in [1.807, 2.05) is 6.92 Å². The molecule has 1 N–H and O–H groups in total. The zero-order chi connectivity index (χ0) is 16.8. The molecule has 0 saturated carbocycles. The molecule has 1 saturated heterocycles. The van der Waals surface area contributed by atoms with Gasteiger partial charge in [-0.25, -0.2) is 9.18 Å². The first-order valence-corrected chi connectivity index (χ1v) is 7.98. The summed E-state index contributed by atoms with van der Waals surface area (Å²) in [5.74, 6) is -0.798. The third-order valence-electron chi connectivity index (χ3n) is 4.04. The van der Waals surface area contributed by atoms with E-state index in [9.17, 15) is 14.0 Å². The van der Waals surface area contributed by atoms with Crippen molar-refractivity contribution < 1.29 is 18.7 Å². The summed E-state index contributed by atoms with van der Waals surface area (Å²) in [4.78, 5) is 25.8. The van der Waals surface area contributed by atoms with Gasteiger partial charge >= 0.3 is 12.0 Å². The predicted octanol–water partition coefficient (Wildman–Crippen LogP) is 2.87. The zero-order valence-electron chi connectivity index (χ0n) is 13.5. The van der Waals surface area contributed by atoms with Gasteiger partial charge in [-0.05, 0) is 44.4 Å². The molecule has 23 heavy (non-hydrogen) atoms. The van der Waals surface area contributed by atoms with Crippen molar-refractivity contribution >= 4 is 12.0 Å². The van der Waals surface area contributed by atoms with Crippen molar-refractivity contribution in [3.8, 4) is 0 Å². The Balaban J connectivity index is 1.91. The van der Waals surface area contributed by atoms with Crippen LogP contribution < -0.4 is 5.32 Å². The molecule has 2 unspecified atom stereocenters. The normalized spacial score (nSPS) is 19.1. The van der Waals surface area contributed by atoms with Crippen LogP contribution in [0.1, 0.15) is 38.3 Å². The molecule has 0 bridgehead atoms. The maximum atomic E-state index is 12.9. The number of halogens is 1. The minimum Gasteiger partial charge on any atom is -0.466 e. The van der Waals surface area contributed by atoms with Gasteiger partial charge < -0.3 is 15.0 Å². The van der Waals surface area contributed by atoms with Crippen LogP contribution in [0.25, 0.3) is 0 Å². The third-order valence-corrected chi connectivity index (χ3v) is 4.04. The number of urea groups is 1. The standard InChI is InChI=1S/C17H23FN2O3/c1-3-23-16(21)14-5-4-10-20(11-14)17(22)19-12(2)13-6-8-15(18)9-7-13/h6-9,12,14H,3-5,10-11H2,1-2H3,(H,19,22). The first-order valence-electron chi connectivity index (χ1n) is 7.98. The topological polar surface area (TPSA) is 58.6 Å². The lowest BCUT2D eigenvalue weighted by molar-refractivity contribution is -0.149. The predicted molar refractivity (Wildman–Crippen MR) is 84.3 cm³/mol. The Hall–Kier alpha value is -2.11. The van der Waals surface area contributed by atoms with E-state index in [0.717, 1.165) is 18.4 Å². The number of carbonyl (C=O) groups excluding carboxylic acids is 2. The lowest BCUT2D eigenvalue weighted by Gasteiger charge is -2.32. The number of hydrogen-bond acceptors (Lipinski definition) is 3. The van der Waals surface area contributed by atoms with Gasteiger partial charge in [-0.2, -0.15) is 0 Å². The zero-order valence-corrected chi connectivity index (χ0v) is 13.5. The summed E-state index contributed by atoms with van der Waals surface area (Å²) in [6.45, 7) is 4.97. The van der Waals surface area contributed by atoms with Crippen LogP contribution >= 0.6 is 0 Å². The Morgan fingerprint density at radius 2 is 2.09 bits per heavy atom. The van der Waals surface area contributed by atoms with Crippen LogP contribution in [0, 0.1) is 11.7 Å². The van der Waals surface area contributed by atoms with Gasteiger partial charge in [0.1, 0.15) is 5.82 Å². The Kier molecular flexibility index (Phi) is 5.96. The molecule has 6 heteroatoms. The number of nitrogens with zero attached hydrogens (tertiary/aromatic N) is 1. The summed E-state index contributed by atoms with van der Waals surface area (Å²) in [6.07, 6.45) is 1.53. The molecule has 1 fully saturated rings. The van der Waals surface area contributed by atoms with Crippen molar-refractivity contribution in [3.63, 3.8) is 0 Å². The van der Waals surface area contributed by atoms with E-state index in [1.165, 1.54) is 12.1 Å². The SMILES string of the molecule is CCOC(=O)C1CCCN(C(=O)NC(C)c2ccc(F)cc2)C1. The number of carbonyl (C=O) groups is 2. The largest absolute Gasteiger partial charge is 0.466 e. The van der Waals surface area contributed by atoms with Gasteiger partial charge in [0.25, 0.3) is 0 Å². The molecule has 0 radical (unpaired) electrons. The fraction of sp³-hybridized carbons (Fsp3) is 0.529. The highest BCUT2D eigenvalue weighted by Crippen LogP contribution is 2.19. The summed E-state index contributed by atoms with van der Waals surface area (Å²) in [5, 5.41) is 2.89. The van der Waals surface area contributed by atoms with E-state index in [2.05, 4.69) is 5.32 Å². The summed E-state index contributed by atoms with van der Waals surface area (Å²) < 4.78 is 18.0. The lowest BCUT2D eigenvalue weighted by Crippen LogP contribution is -2.47. The molecule has 2 rings (SSSR count). The number of benzene rings is 1. The molecule has 1 aromatic carbocycles. The van der Waals surface area contributed by atoms with Crippen molar-refractivity contribution in [3.05, 3.63) is 35.6 Å². The van der Waals surface area contributed by atoms with E-state index in [4.69, 9.17) is 4.74 Å². The molecule has 1 heterocycles. The quantitative estimate of drug-likeness (QED) is 0.867. The van der Waals surface area contributed by atoms with Crippen molar-refractivity contribution in [1.29, 1.82) is 0 Å². The van der Waals surface area contributed by atoms with Gasteiger partial charge in [-0.1, -0.05) is 12.1 Å². The summed E-state index contributed by atoms with van der Waals surface area (Å²) in [7, 11) is 0. The lowest BCUT2D eigenvalue weighted by atomic mass is 9.98. The van der Waals surface area contributed by atoms with Crippen molar-refractivity contribution in [1.82, 2.24) is 10.2 Å². The number of likely N-dealkylation sites (tertiary alicyclic amines) is 1. The number of nitrogens with one attached hydrogen (secondary N) is 1. The fourth-order valence-corrected chi connectivity index (χ4v) is 2.73. The number of esters is 1. The number of piperidine rings is 1. The van der Waals surface area contributed by atoms with Crippen molar-refractivity contribution in [2.75, 3.05) is 19.7 Å². The highest BCUT2D eigenvalue weighted by atomic mass is 19.1. The molecule has 0 aromatic heterocycles. The summed E-state index contributed by atoms with van der Waals surface area (Å²) >= 11 is 0. The van der Waals surface area contributed by atoms with Crippen molar-refractivity contribution in [2.45, 2.75) is 32.7 Å². The average molecular weight is 322 g/mol. The molecule has 5 nitrogen and oxygen atoms in total. The molecule has 1 aliphatic heterocycles. The van der Waals surface area contributed by atoms with Crippen LogP contribution in [0.4, 0.5) is 9.18 Å². The van der Waals surface area contributed by atoms with E-state index in [-0.39, 0.29) is 29.8 Å². The fourth-order valence-electron chi connectivity index (χ4n) is 2.73. The van der Waals surface area contributed by atoms with E-state index < -0.39 is 0 Å². The highest BCUT2D eigenvalue weighted by Gasteiger charge is 2.29. The number of ether oxygens (including phenoxy) is 1. The second-order valence-electron chi connectivity index (χ2n) is 5.76. The van der Waals surface area contributed by atoms with E-state index >= 15 is 0 Å². The average Bonchev–Trinajstić information content (AvgIpc) is 2.55. The van der Waals surface area contributed by atoms with Crippen LogP contribution in [-0.2, 0) is 9.53 Å². The molecule has 0 aliphatic carbocycles. The summed E-state index contributed by atoms with van der Waals surface area (Å²) in [6, 6.07) is 5.60. The van der Waals surface area contributed by atoms with Crippen LogP contribution in [0.15, 0.2) is 24.3 Å². The van der Waals surface area contributed by atoms with Gasteiger partial charge in [0.15, 0.2) is 0 Å². The second kappa shape index (κ2) is 7.94. The monoisotopic (exact) mass is 322 g/mol. The van der Waals surface area contributed by atoms with E-state index in [1.54, 1.807) is 24.0 Å². The highest BCUT2D eigenvalue weighted by molar-refractivity contribution is 5.77. The first kappa shape index (κ1) is 17.2. The van der Waals surface area contributed by atoms with Gasteiger partial charge in [-0.3, -0.25) is 4.79 Å². The molecule has 2 amide bonds. The number of hydrogen-bond donors (Lipinski definition) is 1. The molecule has 0 spiro atoms. The maximum Gasteiger partial charge on any atom is 0.317 e. The molecular formula is C17H23FN2O3. The van der Waals surface area contributed by atoms with Crippen LogP contribution in [0.2, 0.25) is 0 Å². The minimum absolute atomic E-state index is 0.212. The molecule has 1 aliphatic rings. The minimum atomic E-state index is -0.305. The Morgan fingerprint density at radius 1 is 1.39 bits per heavy atom. The second-order valence-corrected chi connectivity index (χ2v) is 5.76. The molecule has 1 aromatic rings. The Bertz CT molecular complexity index is 547. The summed E-state index contributed by atoms with van der Waals surface area (Å²) in [5.41, 5.74) is 0.832. The smallest absolute Gasteiger partial charge is 0.317 e. The van der Waals surface area contributed by atoms with Gasteiger partial charge in [0, 0.05) is 13.1 Å². The van der Waals surface area contributed by atoms with Crippen molar-refractivity contribution in [2.24, 2.45) is 5.92 Å². The van der Waals surface area contributed by atoms with Crippen LogP contribution in [0.5, 0.6) is 0 Å². The van der Waals surface area contributed by atoms with Gasteiger partial charge in [0.2, 0.25) is 0 Å². The Morgan fingerprint density at radius 3 is 2.74 bits per heavy atom. The van der Waals surface area contributed by atoms with Crippen LogP contribution in [-0.4, -0.2) is 36.6 Å². The van der Waals surface area contributed by atoms with Crippen LogP contribution in [0.3, 0.4) is 0 Å². The van der Waals surface area contributed by atoms with E-state index in [0.29, 0.717) is 19.7 Å². The Labute approximate surface area is 135 Å².